The Bertz CT molecular complexity index is 712. The number of ether oxygens (including phenoxy) is 1. The molecule has 0 spiro atoms. The number of aryl methyl sites for hydroxylation is 1. The number of primary amides is 1. The molecule has 1 amide bonds. The van der Waals surface area contributed by atoms with Gasteiger partial charge in [0, 0.05) is 36.6 Å². The molecule has 2 heterocycles. The van der Waals surface area contributed by atoms with E-state index in [1.807, 2.05) is 31.2 Å². The molecule has 1 aliphatic rings. The van der Waals surface area contributed by atoms with Gasteiger partial charge in [-0.2, -0.15) is 0 Å². The summed E-state index contributed by atoms with van der Waals surface area (Å²) in [5.41, 5.74) is 7.45. The second-order valence-corrected chi connectivity index (χ2v) is 6.36. The SMILES string of the molecule is CCc1oc(C(N)=O)cc1CN1CCOC(c2ccc(Cl)cc2)C1. The molecule has 24 heavy (non-hydrogen) atoms. The van der Waals surface area contributed by atoms with E-state index >= 15 is 0 Å². The molecule has 1 unspecified atom stereocenters. The zero-order chi connectivity index (χ0) is 17.1. The maximum absolute atomic E-state index is 11.3. The summed E-state index contributed by atoms with van der Waals surface area (Å²) >= 11 is 5.95. The van der Waals surface area contributed by atoms with Crippen molar-refractivity contribution < 1.29 is 13.9 Å². The highest BCUT2D eigenvalue weighted by atomic mass is 35.5. The van der Waals surface area contributed by atoms with Gasteiger partial charge in [0.15, 0.2) is 5.76 Å². The van der Waals surface area contributed by atoms with E-state index < -0.39 is 5.91 Å². The summed E-state index contributed by atoms with van der Waals surface area (Å²) in [6, 6.07) is 9.51. The van der Waals surface area contributed by atoms with Gasteiger partial charge in [0.25, 0.3) is 5.91 Å². The molecule has 1 aliphatic heterocycles. The summed E-state index contributed by atoms with van der Waals surface area (Å²) in [6.45, 7) is 5.00. The molecule has 6 heteroatoms. The van der Waals surface area contributed by atoms with Crippen LogP contribution >= 0.6 is 11.6 Å². The van der Waals surface area contributed by atoms with Crippen molar-refractivity contribution in [2.45, 2.75) is 26.0 Å². The topological polar surface area (TPSA) is 68.7 Å². The Morgan fingerprint density at radius 3 is 2.79 bits per heavy atom. The number of amides is 1. The third kappa shape index (κ3) is 3.80. The van der Waals surface area contributed by atoms with E-state index in [1.165, 1.54) is 0 Å². The molecule has 0 radical (unpaired) electrons. The van der Waals surface area contributed by atoms with Crippen molar-refractivity contribution in [1.29, 1.82) is 0 Å². The third-order valence-corrected chi connectivity index (χ3v) is 4.50. The van der Waals surface area contributed by atoms with E-state index in [9.17, 15) is 4.79 Å². The third-order valence-electron chi connectivity index (χ3n) is 4.25. The first kappa shape index (κ1) is 17.0. The van der Waals surface area contributed by atoms with Crippen LogP contribution < -0.4 is 5.73 Å². The van der Waals surface area contributed by atoms with E-state index in [0.717, 1.165) is 41.4 Å². The average Bonchev–Trinajstić information content (AvgIpc) is 2.99. The molecular formula is C18H21ClN2O3. The van der Waals surface area contributed by atoms with E-state index in [0.29, 0.717) is 13.2 Å². The first-order valence-corrected chi connectivity index (χ1v) is 8.45. The average molecular weight is 349 g/mol. The highest BCUT2D eigenvalue weighted by Crippen LogP contribution is 2.26. The molecule has 1 aromatic heterocycles. The van der Waals surface area contributed by atoms with Gasteiger partial charge >= 0.3 is 0 Å². The Morgan fingerprint density at radius 1 is 1.38 bits per heavy atom. The van der Waals surface area contributed by atoms with Gasteiger partial charge in [-0.15, -0.1) is 0 Å². The Morgan fingerprint density at radius 2 is 2.12 bits per heavy atom. The molecule has 128 valence electrons. The highest BCUT2D eigenvalue weighted by molar-refractivity contribution is 6.30. The number of benzene rings is 1. The van der Waals surface area contributed by atoms with E-state index in [4.69, 9.17) is 26.5 Å². The van der Waals surface area contributed by atoms with Crippen molar-refractivity contribution in [3.8, 4) is 0 Å². The van der Waals surface area contributed by atoms with Crippen LogP contribution in [0.15, 0.2) is 34.7 Å². The van der Waals surface area contributed by atoms with Gasteiger partial charge in [0.05, 0.1) is 12.7 Å². The fourth-order valence-electron chi connectivity index (χ4n) is 2.99. The van der Waals surface area contributed by atoms with E-state index in [1.54, 1.807) is 6.07 Å². The molecule has 1 atom stereocenters. The van der Waals surface area contributed by atoms with Crippen LogP contribution in [0.3, 0.4) is 0 Å². The van der Waals surface area contributed by atoms with Gasteiger partial charge in [-0.05, 0) is 23.8 Å². The lowest BCUT2D eigenvalue weighted by Crippen LogP contribution is -2.37. The quantitative estimate of drug-likeness (QED) is 0.901. The molecule has 0 bridgehead atoms. The smallest absolute Gasteiger partial charge is 0.284 e. The molecule has 1 aromatic carbocycles. The Balaban J connectivity index is 1.71. The molecular weight excluding hydrogens is 328 g/mol. The number of morpholine rings is 1. The number of carbonyl (C=O) groups is 1. The van der Waals surface area contributed by atoms with Crippen molar-refractivity contribution in [1.82, 2.24) is 4.90 Å². The van der Waals surface area contributed by atoms with Crippen LogP contribution in [0.4, 0.5) is 0 Å². The molecule has 2 aromatic rings. The zero-order valence-corrected chi connectivity index (χ0v) is 14.4. The number of nitrogens with two attached hydrogens (primary N) is 1. The maximum atomic E-state index is 11.3. The maximum Gasteiger partial charge on any atom is 0.284 e. The van der Waals surface area contributed by atoms with E-state index in [-0.39, 0.29) is 11.9 Å². The Kier molecular flexibility index (Phi) is 5.23. The summed E-state index contributed by atoms with van der Waals surface area (Å²) in [6.07, 6.45) is 0.747. The van der Waals surface area contributed by atoms with Crippen LogP contribution in [-0.4, -0.2) is 30.5 Å². The first-order chi connectivity index (χ1) is 11.6. The number of hydrogen-bond donors (Lipinski definition) is 1. The summed E-state index contributed by atoms with van der Waals surface area (Å²) < 4.78 is 11.4. The molecule has 1 saturated heterocycles. The minimum Gasteiger partial charge on any atom is -0.456 e. The van der Waals surface area contributed by atoms with Crippen LogP contribution in [0.5, 0.6) is 0 Å². The second kappa shape index (κ2) is 7.38. The van der Waals surface area contributed by atoms with Crippen LogP contribution in [0, 0.1) is 0 Å². The molecule has 0 aliphatic carbocycles. The fraction of sp³-hybridized carbons (Fsp3) is 0.389. The second-order valence-electron chi connectivity index (χ2n) is 5.92. The lowest BCUT2D eigenvalue weighted by atomic mass is 10.1. The Labute approximate surface area is 146 Å². The van der Waals surface area contributed by atoms with Crippen LogP contribution in [0.25, 0.3) is 0 Å². The van der Waals surface area contributed by atoms with Crippen molar-refractivity contribution in [2.75, 3.05) is 19.7 Å². The molecule has 2 N–H and O–H groups in total. The van der Waals surface area contributed by atoms with Crippen molar-refractivity contribution in [2.24, 2.45) is 5.73 Å². The minimum absolute atomic E-state index is 0.0172. The van der Waals surface area contributed by atoms with E-state index in [2.05, 4.69) is 4.90 Å². The number of hydrogen-bond acceptors (Lipinski definition) is 4. The van der Waals surface area contributed by atoms with Crippen LogP contribution in [-0.2, 0) is 17.7 Å². The summed E-state index contributed by atoms with van der Waals surface area (Å²) in [4.78, 5) is 13.6. The number of furan rings is 1. The van der Waals surface area contributed by atoms with Crippen molar-refractivity contribution >= 4 is 17.5 Å². The van der Waals surface area contributed by atoms with Crippen LogP contribution in [0.1, 0.15) is 40.5 Å². The Hall–Kier alpha value is -1.82. The zero-order valence-electron chi connectivity index (χ0n) is 13.6. The van der Waals surface area contributed by atoms with Gasteiger partial charge in [-0.25, -0.2) is 0 Å². The summed E-state index contributed by atoms with van der Waals surface area (Å²) in [5.74, 6) is 0.514. The van der Waals surface area contributed by atoms with Gasteiger partial charge in [0.1, 0.15) is 5.76 Å². The normalized spacial score (nSPS) is 18.7. The lowest BCUT2D eigenvalue weighted by Gasteiger charge is -2.33. The number of rotatable bonds is 5. The molecule has 0 saturated carbocycles. The van der Waals surface area contributed by atoms with Gasteiger partial charge < -0.3 is 14.9 Å². The standard InChI is InChI=1S/C18H21ClN2O3/c1-2-15-13(9-16(24-15)18(20)22)10-21-7-8-23-17(11-21)12-3-5-14(19)6-4-12/h3-6,9,17H,2,7-8,10-11H2,1H3,(H2,20,22). The number of carbonyl (C=O) groups excluding carboxylic acids is 1. The lowest BCUT2D eigenvalue weighted by molar-refractivity contribution is -0.0330. The predicted molar refractivity (Wildman–Crippen MR) is 92.0 cm³/mol. The number of nitrogens with zero attached hydrogens (tertiary/aromatic N) is 1. The summed E-state index contributed by atoms with van der Waals surface area (Å²) in [5, 5.41) is 0.719. The highest BCUT2D eigenvalue weighted by Gasteiger charge is 2.24. The first-order valence-electron chi connectivity index (χ1n) is 8.07. The fourth-order valence-corrected chi connectivity index (χ4v) is 3.11. The molecule has 3 rings (SSSR count). The van der Waals surface area contributed by atoms with Crippen LogP contribution in [0.2, 0.25) is 5.02 Å². The largest absolute Gasteiger partial charge is 0.456 e. The predicted octanol–water partition coefficient (Wildman–Crippen LogP) is 3.17. The summed E-state index contributed by atoms with van der Waals surface area (Å²) in [7, 11) is 0. The molecule has 1 fully saturated rings. The number of halogens is 1. The molecule has 5 nitrogen and oxygen atoms in total. The van der Waals surface area contributed by atoms with Crippen molar-refractivity contribution in [3.05, 3.63) is 58.0 Å². The monoisotopic (exact) mass is 348 g/mol. The minimum atomic E-state index is -0.531. The van der Waals surface area contributed by atoms with Gasteiger partial charge in [-0.1, -0.05) is 30.7 Å². The van der Waals surface area contributed by atoms with Gasteiger partial charge in [-0.3, -0.25) is 9.69 Å². The van der Waals surface area contributed by atoms with Crippen molar-refractivity contribution in [3.63, 3.8) is 0 Å². The van der Waals surface area contributed by atoms with Gasteiger partial charge in [0.2, 0.25) is 0 Å².